The number of piperidine rings is 1. The Balaban J connectivity index is 1.09. The lowest BCUT2D eigenvalue weighted by molar-refractivity contribution is 0.0913. The molecule has 210 valence electrons. The maximum atomic E-state index is 15.2. The third kappa shape index (κ3) is 5.81. The summed E-state index contributed by atoms with van der Waals surface area (Å²) in [7, 11) is 2.13. The minimum Gasteiger partial charge on any atom is -0.369 e. The monoisotopic (exact) mass is 539 g/mol. The lowest BCUT2D eigenvalue weighted by Crippen LogP contribution is -2.50. The molecule has 4 N–H and O–H groups in total. The van der Waals surface area contributed by atoms with Crippen LogP contribution < -0.4 is 26.4 Å². The van der Waals surface area contributed by atoms with Crippen LogP contribution in [0.1, 0.15) is 46.8 Å². The van der Waals surface area contributed by atoms with Crippen LogP contribution in [0.4, 0.5) is 14.5 Å². The number of piperazine rings is 1. The fourth-order valence-corrected chi connectivity index (χ4v) is 6.51. The molecule has 6 rings (SSSR count). The largest absolute Gasteiger partial charge is 0.369 e. The number of carbonyl (C=O) groups excluding carboxylic acids is 1. The number of halogens is 2. The number of hydrogen-bond acceptors (Lipinski definition) is 7. The molecule has 1 amide bonds. The molecule has 4 saturated heterocycles. The van der Waals surface area contributed by atoms with Crippen LogP contribution in [0.3, 0.4) is 0 Å². The lowest BCUT2D eigenvalue weighted by Gasteiger charge is -2.35. The molecule has 4 fully saturated rings. The van der Waals surface area contributed by atoms with Crippen molar-refractivity contribution in [3.8, 4) is 0 Å². The number of hydrogen-bond donors (Lipinski definition) is 4. The van der Waals surface area contributed by atoms with Crippen molar-refractivity contribution in [2.45, 2.75) is 44.1 Å². The fraction of sp³-hybridized carbons (Fsp3) is 0.552. The van der Waals surface area contributed by atoms with Gasteiger partial charge in [-0.25, -0.2) is 14.2 Å². The molecule has 8 nitrogen and oxygen atoms in total. The molecular formula is C29H39F2N7O. The summed E-state index contributed by atoms with van der Waals surface area (Å²) in [5, 5.41) is 6.41. The van der Waals surface area contributed by atoms with Crippen molar-refractivity contribution in [3.63, 3.8) is 0 Å². The maximum Gasteiger partial charge on any atom is 0.252 e. The van der Waals surface area contributed by atoms with Crippen LogP contribution in [0.5, 0.6) is 0 Å². The lowest BCUT2D eigenvalue weighted by atomic mass is 9.84. The molecule has 4 heterocycles. The highest BCUT2D eigenvalue weighted by atomic mass is 19.1. The molecule has 4 atom stereocenters. The van der Waals surface area contributed by atoms with Crippen molar-refractivity contribution in [1.82, 2.24) is 31.3 Å². The number of fused-ring (bicyclic) bond motifs is 1. The van der Waals surface area contributed by atoms with Crippen LogP contribution in [0.25, 0.3) is 0 Å². The number of hydrazine groups is 1. The summed E-state index contributed by atoms with van der Waals surface area (Å²) >= 11 is 0. The van der Waals surface area contributed by atoms with E-state index in [9.17, 15) is 4.79 Å². The van der Waals surface area contributed by atoms with Gasteiger partial charge in [-0.1, -0.05) is 0 Å². The Bertz CT molecular complexity index is 1140. The molecule has 4 aliphatic rings. The summed E-state index contributed by atoms with van der Waals surface area (Å²) in [4.78, 5) is 20.0. The molecule has 4 aliphatic heterocycles. The van der Waals surface area contributed by atoms with Crippen LogP contribution in [0.2, 0.25) is 0 Å². The van der Waals surface area contributed by atoms with Crippen molar-refractivity contribution in [2.24, 2.45) is 5.92 Å². The van der Waals surface area contributed by atoms with Gasteiger partial charge in [0.05, 0.1) is 6.17 Å². The summed E-state index contributed by atoms with van der Waals surface area (Å²) < 4.78 is 30.4. The topological polar surface area (TPSA) is 74.9 Å². The summed E-state index contributed by atoms with van der Waals surface area (Å²) in [6, 6.07) is 10.3. The van der Waals surface area contributed by atoms with Crippen LogP contribution in [-0.2, 0) is 6.54 Å². The van der Waals surface area contributed by atoms with Gasteiger partial charge in [-0.15, -0.1) is 0 Å². The van der Waals surface area contributed by atoms with E-state index in [1.807, 2.05) is 24.3 Å². The molecule has 0 aromatic heterocycles. The molecule has 39 heavy (non-hydrogen) atoms. The summed E-state index contributed by atoms with van der Waals surface area (Å²) in [6.45, 7) is 7.07. The van der Waals surface area contributed by atoms with Gasteiger partial charge in [0, 0.05) is 74.1 Å². The molecule has 0 saturated carbocycles. The van der Waals surface area contributed by atoms with E-state index < -0.39 is 17.7 Å². The zero-order valence-corrected chi connectivity index (χ0v) is 22.6. The predicted molar refractivity (Wildman–Crippen MR) is 147 cm³/mol. The second kappa shape index (κ2) is 11.5. The number of nitrogens with zero attached hydrogens (tertiary/aromatic N) is 3. The minimum atomic E-state index is -0.500. The fourth-order valence-electron chi connectivity index (χ4n) is 6.51. The molecule has 0 bridgehead atoms. The molecule has 4 unspecified atom stereocenters. The van der Waals surface area contributed by atoms with E-state index in [-0.39, 0.29) is 29.6 Å². The zero-order valence-electron chi connectivity index (χ0n) is 22.6. The molecule has 2 aromatic rings. The SMILES string of the molecule is CN1CCN(c2ccc(C(=O)NC3NNC4CNC(c5c(F)cc(CN6CCCC6)cc5F)CC43)cc2)CC1. The van der Waals surface area contributed by atoms with Gasteiger partial charge in [0.1, 0.15) is 11.6 Å². The highest BCUT2D eigenvalue weighted by Gasteiger charge is 2.42. The van der Waals surface area contributed by atoms with Gasteiger partial charge in [-0.3, -0.25) is 15.1 Å². The minimum absolute atomic E-state index is 0.0205. The average Bonchev–Trinajstić information content (AvgIpc) is 3.59. The smallest absolute Gasteiger partial charge is 0.252 e. The van der Waals surface area contributed by atoms with Crippen LogP contribution in [0.15, 0.2) is 36.4 Å². The number of nitrogens with one attached hydrogen (secondary N) is 4. The van der Waals surface area contributed by atoms with Gasteiger partial charge in [-0.2, -0.15) is 0 Å². The first kappa shape index (κ1) is 26.6. The first-order valence-electron chi connectivity index (χ1n) is 14.2. The van der Waals surface area contributed by atoms with Gasteiger partial charge in [-0.05, 0) is 81.4 Å². The van der Waals surface area contributed by atoms with E-state index in [0.29, 0.717) is 30.6 Å². The second-order valence-corrected chi connectivity index (χ2v) is 11.5. The van der Waals surface area contributed by atoms with Crippen LogP contribution >= 0.6 is 0 Å². The standard InChI is InChI=1S/C29H39F2N7O/c1-36-10-12-38(13-11-36)21-6-4-20(5-7-21)29(39)33-28-22-16-25(32-17-26(22)34-35-28)27-23(30)14-19(15-24(27)31)18-37-8-2-3-9-37/h4-7,14-15,22,25-26,28,32,34-35H,2-3,8-13,16-18H2,1H3,(H,33,39). The third-order valence-electron chi connectivity index (χ3n) is 8.84. The molecule has 10 heteroatoms. The second-order valence-electron chi connectivity index (χ2n) is 11.5. The van der Waals surface area contributed by atoms with Gasteiger partial charge in [0.2, 0.25) is 0 Å². The van der Waals surface area contributed by atoms with Gasteiger partial charge in [0.25, 0.3) is 5.91 Å². The third-order valence-corrected chi connectivity index (χ3v) is 8.84. The average molecular weight is 540 g/mol. The van der Waals surface area contributed by atoms with Crippen molar-refractivity contribution in [2.75, 3.05) is 57.8 Å². The van der Waals surface area contributed by atoms with E-state index in [4.69, 9.17) is 0 Å². The van der Waals surface area contributed by atoms with E-state index in [1.54, 1.807) is 0 Å². The van der Waals surface area contributed by atoms with E-state index >= 15 is 8.78 Å². The number of benzene rings is 2. The number of rotatable bonds is 6. The van der Waals surface area contributed by atoms with Gasteiger partial charge < -0.3 is 20.4 Å². The first-order valence-corrected chi connectivity index (χ1v) is 14.2. The van der Waals surface area contributed by atoms with Crippen molar-refractivity contribution in [1.29, 1.82) is 0 Å². The normalized spacial score (nSPS) is 28.0. The maximum absolute atomic E-state index is 15.2. The Hall–Kier alpha value is -2.63. The summed E-state index contributed by atoms with van der Waals surface area (Å²) in [5.41, 5.74) is 8.92. The number of likely N-dealkylation sites (tertiary alicyclic amines) is 1. The molecule has 0 aliphatic carbocycles. The summed E-state index contributed by atoms with van der Waals surface area (Å²) in [6.07, 6.45) is 2.43. The van der Waals surface area contributed by atoms with Crippen molar-refractivity contribution < 1.29 is 13.6 Å². The Morgan fingerprint density at radius 2 is 1.67 bits per heavy atom. The number of carbonyl (C=O) groups is 1. The first-order chi connectivity index (χ1) is 18.9. The Labute approximate surface area is 229 Å². The van der Waals surface area contributed by atoms with Gasteiger partial charge in [0.15, 0.2) is 0 Å². The van der Waals surface area contributed by atoms with Crippen LogP contribution in [-0.4, -0.2) is 80.8 Å². The molecular weight excluding hydrogens is 500 g/mol. The zero-order chi connectivity index (χ0) is 26.9. The van der Waals surface area contributed by atoms with E-state index in [0.717, 1.165) is 57.8 Å². The van der Waals surface area contributed by atoms with E-state index in [2.05, 4.69) is 43.2 Å². The Kier molecular flexibility index (Phi) is 7.82. The Morgan fingerprint density at radius 1 is 0.974 bits per heavy atom. The summed E-state index contributed by atoms with van der Waals surface area (Å²) in [5.74, 6) is -1.19. The molecule has 0 radical (unpaired) electrons. The molecule has 0 spiro atoms. The van der Waals surface area contributed by atoms with E-state index in [1.165, 1.54) is 12.1 Å². The number of likely N-dealkylation sites (N-methyl/N-ethyl adjacent to an activating group) is 1. The van der Waals surface area contributed by atoms with Crippen molar-refractivity contribution >= 4 is 11.6 Å². The molecule has 2 aromatic carbocycles. The Morgan fingerprint density at radius 3 is 2.36 bits per heavy atom. The van der Waals surface area contributed by atoms with Crippen molar-refractivity contribution in [3.05, 3.63) is 64.7 Å². The predicted octanol–water partition coefficient (Wildman–Crippen LogP) is 2.20. The van der Waals surface area contributed by atoms with Gasteiger partial charge >= 0.3 is 0 Å². The van der Waals surface area contributed by atoms with Crippen LogP contribution in [0, 0.1) is 17.6 Å². The highest BCUT2D eigenvalue weighted by molar-refractivity contribution is 5.94. The number of amides is 1. The highest BCUT2D eigenvalue weighted by Crippen LogP contribution is 2.34. The number of anilines is 1. The quantitative estimate of drug-likeness (QED) is 0.449.